The quantitative estimate of drug-likeness (QED) is 0.789. The third-order valence-corrected chi connectivity index (χ3v) is 4.16. The minimum absolute atomic E-state index is 0.0829. The van der Waals surface area contributed by atoms with Crippen LogP contribution in [0.2, 0.25) is 0 Å². The second-order valence-electron chi connectivity index (χ2n) is 4.14. The first-order chi connectivity index (χ1) is 10.1. The number of carbonyl (C=O) groups is 2. The number of carboxylic acids is 1. The Bertz CT molecular complexity index is 658. The zero-order chi connectivity index (χ0) is 15.2. The van der Waals surface area contributed by atoms with Crippen LogP contribution in [0.3, 0.4) is 0 Å². The van der Waals surface area contributed by atoms with E-state index < -0.39 is 5.97 Å². The lowest BCUT2D eigenvalue weighted by molar-refractivity contribution is -0.113. The van der Waals surface area contributed by atoms with Crippen molar-refractivity contribution in [3.05, 3.63) is 58.6 Å². The van der Waals surface area contributed by atoms with Crippen LogP contribution in [0.5, 0.6) is 0 Å². The minimum Gasteiger partial charge on any atom is -0.478 e. The number of amides is 1. The standard InChI is InChI=1S/C15H12BrNO3S/c16-10-5-7-11(8-6-10)21-9-14(18)17-13-4-2-1-3-12(13)15(19)20/h1-8H,9H2,(H,17,18)(H,19,20). The fourth-order valence-electron chi connectivity index (χ4n) is 1.64. The fourth-order valence-corrected chi connectivity index (χ4v) is 2.61. The van der Waals surface area contributed by atoms with Gasteiger partial charge in [0.2, 0.25) is 5.91 Å². The number of benzene rings is 2. The molecule has 2 rings (SSSR count). The Morgan fingerprint density at radius 2 is 1.76 bits per heavy atom. The van der Waals surface area contributed by atoms with E-state index in [9.17, 15) is 9.59 Å². The number of anilines is 1. The predicted octanol–water partition coefficient (Wildman–Crippen LogP) is 3.88. The number of hydrogen-bond donors (Lipinski definition) is 2. The Morgan fingerprint density at radius 1 is 1.10 bits per heavy atom. The number of thioether (sulfide) groups is 1. The van der Waals surface area contributed by atoms with Crippen molar-refractivity contribution < 1.29 is 14.7 Å². The molecule has 0 aromatic heterocycles. The first-order valence-corrected chi connectivity index (χ1v) is 7.84. The zero-order valence-corrected chi connectivity index (χ0v) is 13.3. The van der Waals surface area contributed by atoms with Crippen molar-refractivity contribution >= 4 is 45.3 Å². The van der Waals surface area contributed by atoms with Crippen LogP contribution in [0.25, 0.3) is 0 Å². The van der Waals surface area contributed by atoms with Crippen LogP contribution in [-0.4, -0.2) is 22.7 Å². The molecule has 0 radical (unpaired) electrons. The summed E-state index contributed by atoms with van der Waals surface area (Å²) in [7, 11) is 0. The third-order valence-electron chi connectivity index (χ3n) is 2.62. The topological polar surface area (TPSA) is 66.4 Å². The van der Waals surface area contributed by atoms with Crippen LogP contribution < -0.4 is 5.32 Å². The second kappa shape index (κ2) is 7.28. The van der Waals surface area contributed by atoms with E-state index in [1.165, 1.54) is 17.8 Å². The van der Waals surface area contributed by atoms with Crippen LogP contribution in [0, 0.1) is 0 Å². The highest BCUT2D eigenvalue weighted by atomic mass is 79.9. The van der Waals surface area contributed by atoms with E-state index in [4.69, 9.17) is 5.11 Å². The van der Waals surface area contributed by atoms with Crippen LogP contribution in [-0.2, 0) is 4.79 Å². The molecule has 0 saturated heterocycles. The Kier molecular flexibility index (Phi) is 5.41. The number of para-hydroxylation sites is 1. The Hall–Kier alpha value is -1.79. The predicted molar refractivity (Wildman–Crippen MR) is 86.9 cm³/mol. The van der Waals surface area contributed by atoms with Gasteiger partial charge in [0.25, 0.3) is 0 Å². The summed E-state index contributed by atoms with van der Waals surface area (Å²) < 4.78 is 0.978. The van der Waals surface area contributed by atoms with E-state index in [-0.39, 0.29) is 17.2 Å². The largest absolute Gasteiger partial charge is 0.478 e. The van der Waals surface area contributed by atoms with Crippen molar-refractivity contribution in [3.8, 4) is 0 Å². The molecular weight excluding hydrogens is 354 g/mol. The van der Waals surface area contributed by atoms with Crippen LogP contribution >= 0.6 is 27.7 Å². The summed E-state index contributed by atoms with van der Waals surface area (Å²) in [5.74, 6) is -1.08. The Balaban J connectivity index is 1.96. The van der Waals surface area contributed by atoms with E-state index >= 15 is 0 Å². The highest BCUT2D eigenvalue weighted by molar-refractivity contribution is 9.10. The molecule has 0 spiro atoms. The molecule has 4 nitrogen and oxygen atoms in total. The average molecular weight is 366 g/mol. The third kappa shape index (κ3) is 4.61. The van der Waals surface area contributed by atoms with E-state index in [0.717, 1.165) is 9.37 Å². The summed E-state index contributed by atoms with van der Waals surface area (Å²) in [6.45, 7) is 0. The summed E-state index contributed by atoms with van der Waals surface area (Å²) in [5, 5.41) is 11.7. The van der Waals surface area contributed by atoms with Gasteiger partial charge in [0.05, 0.1) is 17.0 Å². The average Bonchev–Trinajstić information content (AvgIpc) is 2.47. The summed E-state index contributed by atoms with van der Waals surface area (Å²) in [4.78, 5) is 23.9. The smallest absolute Gasteiger partial charge is 0.337 e. The number of rotatable bonds is 5. The second-order valence-corrected chi connectivity index (χ2v) is 6.11. The van der Waals surface area contributed by atoms with E-state index in [1.54, 1.807) is 18.2 Å². The maximum atomic E-state index is 11.9. The van der Waals surface area contributed by atoms with Gasteiger partial charge in [0.1, 0.15) is 0 Å². The van der Waals surface area contributed by atoms with E-state index in [1.807, 2.05) is 24.3 Å². The molecule has 0 aliphatic heterocycles. The lowest BCUT2D eigenvalue weighted by Crippen LogP contribution is -2.16. The lowest BCUT2D eigenvalue weighted by Gasteiger charge is -2.08. The number of nitrogens with one attached hydrogen (secondary N) is 1. The zero-order valence-electron chi connectivity index (χ0n) is 10.9. The normalized spacial score (nSPS) is 10.1. The lowest BCUT2D eigenvalue weighted by atomic mass is 10.2. The Labute approximate surface area is 134 Å². The maximum absolute atomic E-state index is 11.9. The molecule has 0 saturated carbocycles. The summed E-state index contributed by atoms with van der Waals surface area (Å²) >= 11 is 4.74. The van der Waals surface area contributed by atoms with E-state index in [2.05, 4.69) is 21.2 Å². The Morgan fingerprint density at radius 3 is 2.43 bits per heavy atom. The molecule has 0 aliphatic carbocycles. The van der Waals surface area contributed by atoms with Gasteiger partial charge in [-0.15, -0.1) is 11.8 Å². The van der Waals surface area contributed by atoms with Gasteiger partial charge in [0, 0.05) is 9.37 Å². The van der Waals surface area contributed by atoms with Crippen LogP contribution in [0.4, 0.5) is 5.69 Å². The van der Waals surface area contributed by atoms with Gasteiger partial charge in [-0.1, -0.05) is 28.1 Å². The molecule has 0 bridgehead atoms. The number of carboxylic acid groups (broad SMARTS) is 1. The molecule has 2 N–H and O–H groups in total. The molecule has 2 aromatic rings. The van der Waals surface area contributed by atoms with Crippen molar-refractivity contribution in [1.82, 2.24) is 0 Å². The van der Waals surface area contributed by atoms with Crippen molar-refractivity contribution in [1.29, 1.82) is 0 Å². The maximum Gasteiger partial charge on any atom is 0.337 e. The molecule has 0 aliphatic rings. The van der Waals surface area contributed by atoms with Gasteiger partial charge in [-0.3, -0.25) is 4.79 Å². The minimum atomic E-state index is -1.06. The van der Waals surface area contributed by atoms with Gasteiger partial charge in [-0.25, -0.2) is 4.79 Å². The number of carbonyl (C=O) groups excluding carboxylic acids is 1. The number of hydrogen-bond acceptors (Lipinski definition) is 3. The number of aromatic carboxylic acids is 1. The van der Waals surface area contributed by atoms with Crippen molar-refractivity contribution in [2.45, 2.75) is 4.90 Å². The van der Waals surface area contributed by atoms with Crippen molar-refractivity contribution in [3.63, 3.8) is 0 Å². The van der Waals surface area contributed by atoms with Gasteiger partial charge in [0.15, 0.2) is 0 Å². The summed E-state index contributed by atoms with van der Waals surface area (Å²) in [6, 6.07) is 14.0. The van der Waals surface area contributed by atoms with Gasteiger partial charge in [-0.2, -0.15) is 0 Å². The summed E-state index contributed by atoms with van der Waals surface area (Å²) in [5.41, 5.74) is 0.394. The van der Waals surface area contributed by atoms with Gasteiger partial charge >= 0.3 is 5.97 Å². The molecule has 0 fully saturated rings. The monoisotopic (exact) mass is 365 g/mol. The fraction of sp³-hybridized carbons (Fsp3) is 0.0667. The molecule has 2 aromatic carbocycles. The molecule has 108 valence electrons. The first kappa shape index (κ1) is 15.6. The SMILES string of the molecule is O=C(CSc1ccc(Br)cc1)Nc1ccccc1C(=O)O. The number of halogens is 1. The van der Waals surface area contributed by atoms with Gasteiger partial charge in [-0.05, 0) is 36.4 Å². The van der Waals surface area contributed by atoms with Gasteiger partial charge < -0.3 is 10.4 Å². The van der Waals surface area contributed by atoms with Crippen molar-refractivity contribution in [2.75, 3.05) is 11.1 Å². The van der Waals surface area contributed by atoms with E-state index in [0.29, 0.717) is 5.69 Å². The summed E-state index contributed by atoms with van der Waals surface area (Å²) in [6.07, 6.45) is 0. The van der Waals surface area contributed by atoms with Crippen LogP contribution in [0.1, 0.15) is 10.4 Å². The van der Waals surface area contributed by atoms with Crippen molar-refractivity contribution in [2.24, 2.45) is 0 Å². The molecular formula is C15H12BrNO3S. The molecule has 1 amide bonds. The first-order valence-electron chi connectivity index (χ1n) is 6.07. The molecule has 0 heterocycles. The van der Waals surface area contributed by atoms with Crippen LogP contribution in [0.15, 0.2) is 57.9 Å². The molecule has 0 unspecified atom stereocenters. The highest BCUT2D eigenvalue weighted by Crippen LogP contribution is 2.21. The molecule has 21 heavy (non-hydrogen) atoms. The molecule has 0 atom stereocenters. The molecule has 6 heteroatoms. The highest BCUT2D eigenvalue weighted by Gasteiger charge is 2.11.